The molecule has 1 aliphatic heterocycles. The van der Waals surface area contributed by atoms with Crippen LogP contribution in [0, 0.1) is 12.7 Å². The number of likely N-dealkylation sites (tertiary alicyclic amines) is 1. The second-order valence-corrected chi connectivity index (χ2v) is 5.83. The summed E-state index contributed by atoms with van der Waals surface area (Å²) in [6.45, 7) is 1.91. The van der Waals surface area contributed by atoms with Gasteiger partial charge in [0.05, 0.1) is 11.6 Å². The Morgan fingerprint density at radius 3 is 2.21 bits per heavy atom. The highest BCUT2D eigenvalue weighted by Gasteiger charge is 2.44. The number of rotatable bonds is 2. The van der Waals surface area contributed by atoms with E-state index in [1.54, 1.807) is 12.1 Å². The van der Waals surface area contributed by atoms with E-state index >= 15 is 0 Å². The van der Waals surface area contributed by atoms with Gasteiger partial charge in [-0.3, -0.25) is 9.59 Å². The van der Waals surface area contributed by atoms with E-state index in [-0.39, 0.29) is 11.3 Å². The highest BCUT2D eigenvalue weighted by molar-refractivity contribution is 6.46. The molecule has 1 N–H and O–H groups in total. The molecule has 0 radical (unpaired) electrons. The summed E-state index contributed by atoms with van der Waals surface area (Å²) in [5.41, 5.74) is 2.04. The van der Waals surface area contributed by atoms with E-state index < -0.39 is 23.5 Å². The quantitative estimate of drug-likeness (QED) is 0.524. The minimum absolute atomic E-state index is 0.0120. The smallest absolute Gasteiger partial charge is 0.295 e. The van der Waals surface area contributed by atoms with Crippen LogP contribution in [0.5, 0.6) is 0 Å². The van der Waals surface area contributed by atoms with Gasteiger partial charge in [0.15, 0.2) is 0 Å². The first-order valence-corrected chi connectivity index (χ1v) is 7.47. The van der Waals surface area contributed by atoms with Crippen molar-refractivity contribution in [1.82, 2.24) is 4.90 Å². The molecule has 0 aromatic heterocycles. The van der Waals surface area contributed by atoms with E-state index in [4.69, 9.17) is 0 Å². The zero-order valence-electron chi connectivity index (χ0n) is 13.3. The van der Waals surface area contributed by atoms with Crippen molar-refractivity contribution < 1.29 is 19.1 Å². The second kappa shape index (κ2) is 5.92. The minimum atomic E-state index is -0.745. The van der Waals surface area contributed by atoms with Gasteiger partial charge in [-0.1, -0.05) is 42.0 Å². The molecule has 0 aliphatic carbocycles. The van der Waals surface area contributed by atoms with Crippen molar-refractivity contribution in [1.29, 1.82) is 0 Å². The van der Waals surface area contributed by atoms with E-state index in [1.165, 1.54) is 36.2 Å². The highest BCUT2D eigenvalue weighted by atomic mass is 19.1. The predicted molar refractivity (Wildman–Crippen MR) is 87.6 cm³/mol. The number of hydrogen-bond donors (Lipinski definition) is 1. The average molecular weight is 325 g/mol. The molecule has 0 unspecified atom stereocenters. The Kier molecular flexibility index (Phi) is 3.93. The van der Waals surface area contributed by atoms with Crippen molar-refractivity contribution in [2.24, 2.45) is 0 Å². The molecule has 0 bridgehead atoms. The third-order valence-electron chi connectivity index (χ3n) is 4.19. The fourth-order valence-electron chi connectivity index (χ4n) is 2.85. The molecule has 2 aromatic carbocycles. The number of halogens is 1. The van der Waals surface area contributed by atoms with Gasteiger partial charge >= 0.3 is 0 Å². The van der Waals surface area contributed by atoms with Gasteiger partial charge in [-0.25, -0.2) is 4.39 Å². The second-order valence-electron chi connectivity index (χ2n) is 5.83. The average Bonchev–Trinajstić information content (AvgIpc) is 2.80. The van der Waals surface area contributed by atoms with E-state index in [0.29, 0.717) is 11.1 Å². The summed E-state index contributed by atoms with van der Waals surface area (Å²) in [4.78, 5) is 25.7. The Morgan fingerprint density at radius 2 is 1.62 bits per heavy atom. The first kappa shape index (κ1) is 15.9. The van der Waals surface area contributed by atoms with Gasteiger partial charge < -0.3 is 10.0 Å². The summed E-state index contributed by atoms with van der Waals surface area (Å²) in [7, 11) is 1.49. The molecule has 122 valence electrons. The van der Waals surface area contributed by atoms with Gasteiger partial charge in [-0.05, 0) is 24.6 Å². The van der Waals surface area contributed by atoms with Crippen molar-refractivity contribution in [2.75, 3.05) is 7.05 Å². The van der Waals surface area contributed by atoms with Crippen molar-refractivity contribution in [2.45, 2.75) is 13.0 Å². The first-order chi connectivity index (χ1) is 11.4. The Labute approximate surface area is 138 Å². The summed E-state index contributed by atoms with van der Waals surface area (Å²) in [5, 5.41) is 10.6. The maximum atomic E-state index is 13.2. The fraction of sp³-hybridized carbons (Fsp3) is 0.158. The van der Waals surface area contributed by atoms with Crippen molar-refractivity contribution in [3.63, 3.8) is 0 Å². The first-order valence-electron chi connectivity index (χ1n) is 7.47. The number of hydrogen-bond acceptors (Lipinski definition) is 3. The Hall–Kier alpha value is -2.95. The van der Waals surface area contributed by atoms with Crippen LogP contribution < -0.4 is 0 Å². The van der Waals surface area contributed by atoms with Crippen LogP contribution in [0.25, 0.3) is 5.76 Å². The number of ketones is 1. The number of Topliss-reactive ketones (excluding diaryl/α,β-unsaturated/α-hetero) is 1. The number of aliphatic hydroxyl groups excluding tert-OH is 1. The van der Waals surface area contributed by atoms with Crippen molar-refractivity contribution in [3.05, 3.63) is 76.6 Å². The van der Waals surface area contributed by atoms with Crippen LogP contribution in [0.15, 0.2) is 54.1 Å². The van der Waals surface area contributed by atoms with Crippen LogP contribution >= 0.6 is 0 Å². The van der Waals surface area contributed by atoms with E-state index in [2.05, 4.69) is 0 Å². The standard InChI is InChI=1S/C19H16FNO3/c1-11-3-5-13(6-4-11)17(22)15-16(21(2)19(24)18(15)23)12-7-9-14(20)10-8-12/h3-10,16,22H,1-2H3/t16-/m0/s1. The number of benzene rings is 2. The Balaban J connectivity index is 2.16. The third kappa shape index (κ3) is 2.58. The normalized spacial score (nSPS) is 19.8. The van der Waals surface area contributed by atoms with Gasteiger partial charge in [-0.2, -0.15) is 0 Å². The SMILES string of the molecule is Cc1ccc(C(O)=C2C(=O)C(=O)N(C)[C@H]2c2ccc(F)cc2)cc1. The number of aryl methyl sites for hydroxylation is 1. The lowest BCUT2D eigenvalue weighted by molar-refractivity contribution is -0.139. The van der Waals surface area contributed by atoms with Gasteiger partial charge in [0, 0.05) is 12.6 Å². The minimum Gasteiger partial charge on any atom is -0.507 e. The summed E-state index contributed by atoms with van der Waals surface area (Å²) >= 11 is 0. The molecule has 3 rings (SSSR count). The molecule has 1 amide bonds. The van der Waals surface area contributed by atoms with E-state index in [1.807, 2.05) is 19.1 Å². The van der Waals surface area contributed by atoms with Gasteiger partial charge in [0.2, 0.25) is 0 Å². The Morgan fingerprint density at radius 1 is 1.04 bits per heavy atom. The van der Waals surface area contributed by atoms with Crippen LogP contribution in [-0.4, -0.2) is 28.7 Å². The summed E-state index contributed by atoms with van der Waals surface area (Å²) in [6, 6.07) is 11.8. The van der Waals surface area contributed by atoms with Gasteiger partial charge in [0.25, 0.3) is 11.7 Å². The molecule has 1 saturated heterocycles. The van der Waals surface area contributed by atoms with Crippen LogP contribution in [-0.2, 0) is 9.59 Å². The van der Waals surface area contributed by atoms with Crippen LogP contribution in [0.4, 0.5) is 4.39 Å². The molecule has 0 spiro atoms. The van der Waals surface area contributed by atoms with Crippen LogP contribution in [0.3, 0.4) is 0 Å². The fourth-order valence-corrected chi connectivity index (χ4v) is 2.85. The zero-order valence-corrected chi connectivity index (χ0v) is 13.3. The molecule has 24 heavy (non-hydrogen) atoms. The van der Waals surface area contributed by atoms with Crippen LogP contribution in [0.2, 0.25) is 0 Å². The maximum Gasteiger partial charge on any atom is 0.295 e. The molecule has 0 saturated carbocycles. The number of carbonyl (C=O) groups excluding carboxylic acids is 2. The lowest BCUT2D eigenvalue weighted by Gasteiger charge is -2.21. The molecular weight excluding hydrogens is 309 g/mol. The molecule has 1 aliphatic rings. The number of likely N-dealkylation sites (N-methyl/N-ethyl adjacent to an activating group) is 1. The number of carbonyl (C=O) groups is 2. The topological polar surface area (TPSA) is 57.6 Å². The number of aliphatic hydroxyl groups is 1. The molecule has 1 fully saturated rings. The van der Waals surface area contributed by atoms with Crippen molar-refractivity contribution in [3.8, 4) is 0 Å². The molecular formula is C19H16FNO3. The highest BCUT2D eigenvalue weighted by Crippen LogP contribution is 2.38. The zero-order chi connectivity index (χ0) is 17.4. The van der Waals surface area contributed by atoms with Crippen LogP contribution in [0.1, 0.15) is 22.7 Å². The molecule has 1 atom stereocenters. The lowest BCUT2D eigenvalue weighted by atomic mass is 9.95. The van der Waals surface area contributed by atoms with Gasteiger partial charge in [-0.15, -0.1) is 0 Å². The summed E-state index contributed by atoms with van der Waals surface area (Å²) in [5.74, 6) is -2.08. The van der Waals surface area contributed by atoms with Crippen molar-refractivity contribution >= 4 is 17.4 Å². The van der Waals surface area contributed by atoms with E-state index in [9.17, 15) is 19.1 Å². The number of nitrogens with zero attached hydrogens (tertiary/aromatic N) is 1. The summed E-state index contributed by atoms with van der Waals surface area (Å²) < 4.78 is 13.2. The molecule has 5 heteroatoms. The predicted octanol–water partition coefficient (Wildman–Crippen LogP) is 3.19. The Bertz CT molecular complexity index is 838. The van der Waals surface area contributed by atoms with E-state index in [0.717, 1.165) is 5.56 Å². The molecule has 4 nitrogen and oxygen atoms in total. The third-order valence-corrected chi connectivity index (χ3v) is 4.19. The largest absolute Gasteiger partial charge is 0.507 e. The monoisotopic (exact) mass is 325 g/mol. The molecule has 2 aromatic rings. The number of amides is 1. The van der Waals surface area contributed by atoms with Gasteiger partial charge in [0.1, 0.15) is 11.6 Å². The molecule has 1 heterocycles. The maximum absolute atomic E-state index is 13.2. The summed E-state index contributed by atoms with van der Waals surface area (Å²) in [6.07, 6.45) is 0. The lowest BCUT2D eigenvalue weighted by Crippen LogP contribution is -2.24.